The minimum atomic E-state index is 0.167. The van der Waals surface area contributed by atoms with Crippen molar-refractivity contribution in [2.45, 2.75) is 12.8 Å². The zero-order chi connectivity index (χ0) is 8.27. The van der Waals surface area contributed by atoms with Crippen molar-refractivity contribution in [2.75, 3.05) is 6.61 Å². The Hall–Kier alpha value is -0.530. The average molecular weight is 171 g/mol. The van der Waals surface area contributed by atoms with Crippen LogP contribution in [0.3, 0.4) is 0 Å². The maximum Gasteiger partial charge on any atom is 0.0497 e. The van der Waals surface area contributed by atoms with E-state index in [0.29, 0.717) is 0 Å². The first-order valence-electron chi connectivity index (χ1n) is 3.60. The first-order chi connectivity index (χ1) is 5.24. The fraction of sp³-hybridized carbons (Fsp3) is 0.333. The monoisotopic (exact) mass is 170 g/mol. The van der Waals surface area contributed by atoms with Gasteiger partial charge in [0.1, 0.15) is 0 Å². The molecule has 0 aliphatic carbocycles. The molecule has 1 rings (SSSR count). The van der Waals surface area contributed by atoms with Crippen LogP contribution in [0.2, 0.25) is 5.02 Å². The molecular weight excluding hydrogens is 160 g/mol. The van der Waals surface area contributed by atoms with Crippen molar-refractivity contribution in [1.82, 2.24) is 0 Å². The first kappa shape index (κ1) is 8.57. The summed E-state index contributed by atoms with van der Waals surface area (Å²) in [6.45, 7) is 2.13. The molecule has 1 aromatic rings. The lowest BCUT2D eigenvalue weighted by molar-refractivity contribution is 0.273. The second-order valence-corrected chi connectivity index (χ2v) is 3.08. The van der Waals surface area contributed by atoms with Gasteiger partial charge in [0.15, 0.2) is 0 Å². The lowest BCUT2D eigenvalue weighted by atomic mass is 10.0. The van der Waals surface area contributed by atoms with E-state index in [9.17, 15) is 0 Å². The summed E-state index contributed by atoms with van der Waals surface area (Å²) in [7, 11) is 0. The number of aliphatic hydroxyl groups excluding tert-OH is 1. The van der Waals surface area contributed by atoms with E-state index in [1.165, 1.54) is 0 Å². The van der Waals surface area contributed by atoms with Crippen molar-refractivity contribution in [3.8, 4) is 0 Å². The number of rotatable bonds is 2. The van der Waals surface area contributed by atoms with Crippen LogP contribution in [-0.2, 0) is 0 Å². The van der Waals surface area contributed by atoms with Gasteiger partial charge in [-0.2, -0.15) is 0 Å². The molecule has 0 heterocycles. The summed E-state index contributed by atoms with van der Waals surface area (Å²) in [5.41, 5.74) is 1.08. The highest BCUT2D eigenvalue weighted by Gasteiger charge is 2.02. The Kier molecular flexibility index (Phi) is 2.92. The Bertz CT molecular complexity index is 235. The molecule has 60 valence electrons. The van der Waals surface area contributed by atoms with E-state index < -0.39 is 0 Å². The van der Waals surface area contributed by atoms with Crippen LogP contribution in [0.15, 0.2) is 24.3 Å². The Labute approximate surface area is 71.6 Å². The van der Waals surface area contributed by atoms with E-state index in [1.807, 2.05) is 31.2 Å². The summed E-state index contributed by atoms with van der Waals surface area (Å²) in [6.07, 6.45) is 0. The first-order valence-corrected chi connectivity index (χ1v) is 3.98. The quantitative estimate of drug-likeness (QED) is 0.723. The van der Waals surface area contributed by atoms with Gasteiger partial charge < -0.3 is 5.11 Å². The smallest absolute Gasteiger partial charge is 0.0497 e. The molecule has 1 atom stereocenters. The van der Waals surface area contributed by atoms with Crippen molar-refractivity contribution in [3.05, 3.63) is 34.9 Å². The minimum absolute atomic E-state index is 0.167. The molecule has 0 aliphatic rings. The SMILES string of the molecule is C[C@H](CO)c1cccc(Cl)c1. The van der Waals surface area contributed by atoms with Gasteiger partial charge in [-0.15, -0.1) is 0 Å². The molecule has 0 unspecified atom stereocenters. The third-order valence-electron chi connectivity index (χ3n) is 1.69. The van der Waals surface area contributed by atoms with Crippen LogP contribution >= 0.6 is 11.6 Å². The Morgan fingerprint density at radius 2 is 2.27 bits per heavy atom. The number of aliphatic hydroxyl groups is 1. The topological polar surface area (TPSA) is 20.2 Å². The molecule has 0 aromatic heterocycles. The molecule has 0 saturated carbocycles. The summed E-state index contributed by atoms with van der Waals surface area (Å²) in [4.78, 5) is 0. The van der Waals surface area contributed by atoms with Crippen molar-refractivity contribution < 1.29 is 5.11 Å². The highest BCUT2D eigenvalue weighted by Crippen LogP contribution is 2.18. The maximum absolute atomic E-state index is 8.84. The molecule has 0 aliphatic heterocycles. The van der Waals surface area contributed by atoms with Crippen LogP contribution in [0.5, 0.6) is 0 Å². The molecule has 0 bridgehead atoms. The van der Waals surface area contributed by atoms with Crippen molar-refractivity contribution in [3.63, 3.8) is 0 Å². The summed E-state index contributed by atoms with van der Waals surface area (Å²) in [5, 5.41) is 9.56. The summed E-state index contributed by atoms with van der Waals surface area (Å²) < 4.78 is 0. The van der Waals surface area contributed by atoms with E-state index in [-0.39, 0.29) is 12.5 Å². The minimum Gasteiger partial charge on any atom is -0.396 e. The van der Waals surface area contributed by atoms with E-state index >= 15 is 0 Å². The molecule has 11 heavy (non-hydrogen) atoms. The normalized spacial score (nSPS) is 13.0. The van der Waals surface area contributed by atoms with Crippen molar-refractivity contribution in [2.24, 2.45) is 0 Å². The molecule has 2 heteroatoms. The Balaban J connectivity index is 2.86. The van der Waals surface area contributed by atoms with Crippen LogP contribution in [0.4, 0.5) is 0 Å². The van der Waals surface area contributed by atoms with Crippen LogP contribution in [-0.4, -0.2) is 11.7 Å². The second-order valence-electron chi connectivity index (χ2n) is 2.64. The molecule has 1 N–H and O–H groups in total. The Morgan fingerprint density at radius 1 is 1.55 bits per heavy atom. The van der Waals surface area contributed by atoms with Crippen LogP contribution in [0.25, 0.3) is 0 Å². The zero-order valence-electron chi connectivity index (χ0n) is 6.42. The standard InChI is InChI=1S/C9H11ClO/c1-7(6-11)8-3-2-4-9(10)5-8/h2-5,7,11H,6H2,1H3/t7-/m1/s1. The van der Waals surface area contributed by atoms with Gasteiger partial charge in [-0.25, -0.2) is 0 Å². The van der Waals surface area contributed by atoms with Gasteiger partial charge in [-0.1, -0.05) is 30.7 Å². The number of hydrogen-bond acceptors (Lipinski definition) is 1. The molecular formula is C9H11ClO. The number of hydrogen-bond donors (Lipinski definition) is 1. The molecule has 1 aromatic carbocycles. The largest absolute Gasteiger partial charge is 0.396 e. The van der Waals surface area contributed by atoms with E-state index in [0.717, 1.165) is 10.6 Å². The third-order valence-corrected chi connectivity index (χ3v) is 1.93. The van der Waals surface area contributed by atoms with Gasteiger partial charge in [0.25, 0.3) is 0 Å². The second kappa shape index (κ2) is 3.74. The van der Waals surface area contributed by atoms with Gasteiger partial charge in [0.2, 0.25) is 0 Å². The summed E-state index contributed by atoms with van der Waals surface area (Å²) >= 11 is 5.76. The molecule has 0 spiro atoms. The molecule has 0 fully saturated rings. The molecule has 1 nitrogen and oxygen atoms in total. The highest BCUT2D eigenvalue weighted by atomic mass is 35.5. The summed E-state index contributed by atoms with van der Waals surface area (Å²) in [5.74, 6) is 0.175. The van der Waals surface area contributed by atoms with Gasteiger partial charge in [-0.3, -0.25) is 0 Å². The van der Waals surface area contributed by atoms with Crippen molar-refractivity contribution >= 4 is 11.6 Å². The van der Waals surface area contributed by atoms with Crippen molar-refractivity contribution in [1.29, 1.82) is 0 Å². The molecule has 0 radical (unpaired) electrons. The van der Waals surface area contributed by atoms with E-state index in [1.54, 1.807) is 0 Å². The number of benzene rings is 1. The maximum atomic E-state index is 8.84. The van der Waals surface area contributed by atoms with Gasteiger partial charge >= 0.3 is 0 Å². The fourth-order valence-electron chi connectivity index (χ4n) is 0.919. The lowest BCUT2D eigenvalue weighted by Crippen LogP contribution is -1.97. The predicted molar refractivity (Wildman–Crippen MR) is 47.0 cm³/mol. The molecule has 0 amide bonds. The van der Waals surface area contributed by atoms with Gasteiger partial charge in [-0.05, 0) is 17.7 Å². The third kappa shape index (κ3) is 2.21. The zero-order valence-corrected chi connectivity index (χ0v) is 7.17. The van der Waals surface area contributed by atoms with Crippen LogP contribution in [0.1, 0.15) is 18.4 Å². The number of halogens is 1. The average Bonchev–Trinajstić information content (AvgIpc) is 2.03. The Morgan fingerprint density at radius 3 is 2.82 bits per heavy atom. The van der Waals surface area contributed by atoms with Crippen LogP contribution < -0.4 is 0 Å². The highest BCUT2D eigenvalue weighted by molar-refractivity contribution is 6.30. The molecule has 0 saturated heterocycles. The fourth-order valence-corrected chi connectivity index (χ4v) is 1.12. The van der Waals surface area contributed by atoms with Gasteiger partial charge in [0.05, 0.1) is 0 Å². The summed E-state index contributed by atoms with van der Waals surface area (Å²) in [6, 6.07) is 7.56. The van der Waals surface area contributed by atoms with E-state index in [4.69, 9.17) is 16.7 Å². The van der Waals surface area contributed by atoms with E-state index in [2.05, 4.69) is 0 Å². The van der Waals surface area contributed by atoms with Crippen LogP contribution in [0, 0.1) is 0 Å². The lowest BCUT2D eigenvalue weighted by Gasteiger charge is -2.07. The van der Waals surface area contributed by atoms with Gasteiger partial charge in [0, 0.05) is 17.5 Å². The predicted octanol–water partition coefficient (Wildman–Crippen LogP) is 2.44.